The summed E-state index contributed by atoms with van der Waals surface area (Å²) in [5, 5.41) is 22.1. The van der Waals surface area contributed by atoms with E-state index >= 15 is 0 Å². The summed E-state index contributed by atoms with van der Waals surface area (Å²) in [7, 11) is 0. The van der Waals surface area contributed by atoms with E-state index < -0.39 is 24.0 Å². The molecule has 0 bridgehead atoms. The third kappa shape index (κ3) is 18.1. The fourth-order valence-corrected chi connectivity index (χ4v) is 1.79. The lowest BCUT2D eigenvalue weighted by Gasteiger charge is -2.05. The number of nitrogens with two attached hydrogens (primary N) is 2. The standard InChI is InChI=1S/2C9H16N2O3/c2*1-2-8(12)11-6-4-3-5-7(10)9(13)14/h2*2,7H,1,3-6,10H2,(H,11,12)(H,13,14)/t7-;/m0./s1. The van der Waals surface area contributed by atoms with Crippen LogP contribution in [0.2, 0.25) is 0 Å². The first kappa shape index (κ1) is 27.5. The molecule has 28 heavy (non-hydrogen) atoms. The highest BCUT2D eigenvalue weighted by Gasteiger charge is 2.10. The van der Waals surface area contributed by atoms with Gasteiger partial charge < -0.3 is 32.3 Å². The maximum absolute atomic E-state index is 10.7. The molecule has 2 amide bonds. The minimum absolute atomic E-state index is 0.215. The first-order valence-corrected chi connectivity index (χ1v) is 8.93. The minimum Gasteiger partial charge on any atom is -0.480 e. The Kier molecular flexibility index (Phi) is 17.4. The van der Waals surface area contributed by atoms with Gasteiger partial charge in [0.1, 0.15) is 12.1 Å². The molecular formula is C18H32N4O6. The lowest BCUT2D eigenvalue weighted by molar-refractivity contribution is -0.139. The normalized spacial score (nSPS) is 11.8. The Balaban J connectivity index is 0. The molecule has 0 aromatic carbocycles. The van der Waals surface area contributed by atoms with Gasteiger partial charge in [0.05, 0.1) is 0 Å². The Morgan fingerprint density at radius 1 is 0.750 bits per heavy atom. The summed E-state index contributed by atoms with van der Waals surface area (Å²) >= 11 is 0. The van der Waals surface area contributed by atoms with Gasteiger partial charge in [0.2, 0.25) is 11.8 Å². The van der Waals surface area contributed by atoms with Crippen LogP contribution in [-0.2, 0) is 19.2 Å². The van der Waals surface area contributed by atoms with E-state index in [9.17, 15) is 19.2 Å². The van der Waals surface area contributed by atoms with Crippen molar-refractivity contribution >= 4 is 23.8 Å². The van der Waals surface area contributed by atoms with Crippen LogP contribution in [-0.4, -0.2) is 59.1 Å². The number of amides is 2. The third-order valence-electron chi connectivity index (χ3n) is 3.49. The van der Waals surface area contributed by atoms with Crippen LogP contribution in [0.1, 0.15) is 38.5 Å². The number of carbonyl (C=O) groups excluding carboxylic acids is 2. The van der Waals surface area contributed by atoms with Gasteiger partial charge in [-0.15, -0.1) is 0 Å². The molecule has 10 nitrogen and oxygen atoms in total. The Hall–Kier alpha value is -2.72. The van der Waals surface area contributed by atoms with Gasteiger partial charge >= 0.3 is 11.9 Å². The van der Waals surface area contributed by atoms with Crippen molar-refractivity contribution in [2.24, 2.45) is 11.5 Å². The number of hydrogen-bond donors (Lipinski definition) is 6. The number of carboxylic acid groups (broad SMARTS) is 2. The van der Waals surface area contributed by atoms with E-state index in [1.165, 1.54) is 12.2 Å². The van der Waals surface area contributed by atoms with Gasteiger partial charge in [-0.2, -0.15) is 0 Å². The predicted octanol–water partition coefficient (Wildman–Crippen LogP) is -0.258. The molecule has 0 aromatic heterocycles. The predicted molar refractivity (Wildman–Crippen MR) is 105 cm³/mol. The minimum atomic E-state index is -0.986. The van der Waals surface area contributed by atoms with Gasteiger partial charge in [-0.3, -0.25) is 19.2 Å². The number of nitrogens with one attached hydrogen (secondary N) is 2. The van der Waals surface area contributed by atoms with E-state index in [1.54, 1.807) is 0 Å². The number of carbonyl (C=O) groups is 4. The van der Waals surface area contributed by atoms with E-state index in [2.05, 4.69) is 23.8 Å². The second-order valence-corrected chi connectivity index (χ2v) is 5.87. The van der Waals surface area contributed by atoms with E-state index in [4.69, 9.17) is 21.7 Å². The summed E-state index contributed by atoms with van der Waals surface area (Å²) in [4.78, 5) is 42.0. The van der Waals surface area contributed by atoms with Crippen LogP contribution in [0.4, 0.5) is 0 Å². The van der Waals surface area contributed by atoms with Gasteiger partial charge in [-0.25, -0.2) is 0 Å². The topological polar surface area (TPSA) is 185 Å². The Bertz CT molecular complexity index is 478. The number of hydrogen-bond acceptors (Lipinski definition) is 6. The Morgan fingerprint density at radius 2 is 1.07 bits per heavy atom. The van der Waals surface area contributed by atoms with Crippen LogP contribution in [0, 0.1) is 0 Å². The molecule has 0 fully saturated rings. The fourth-order valence-electron chi connectivity index (χ4n) is 1.79. The van der Waals surface area contributed by atoms with E-state index in [0.29, 0.717) is 38.8 Å². The van der Waals surface area contributed by atoms with Crippen molar-refractivity contribution < 1.29 is 29.4 Å². The van der Waals surface area contributed by atoms with Crippen molar-refractivity contribution in [1.29, 1.82) is 0 Å². The maximum Gasteiger partial charge on any atom is 0.320 e. The second-order valence-electron chi connectivity index (χ2n) is 5.87. The average molecular weight is 400 g/mol. The summed E-state index contributed by atoms with van der Waals surface area (Å²) in [6, 6.07) is -1.60. The molecule has 8 N–H and O–H groups in total. The molecule has 0 radical (unpaired) electrons. The SMILES string of the molecule is C=CC(=O)NCCCCC(N)C(=O)O.C=CC(=O)NCCCC[C@H](N)C(=O)O. The zero-order chi connectivity index (χ0) is 21.9. The third-order valence-corrected chi connectivity index (χ3v) is 3.49. The van der Waals surface area contributed by atoms with Crippen molar-refractivity contribution in [1.82, 2.24) is 10.6 Å². The highest BCUT2D eigenvalue weighted by atomic mass is 16.4. The van der Waals surface area contributed by atoms with Crippen molar-refractivity contribution in [3.8, 4) is 0 Å². The monoisotopic (exact) mass is 400 g/mol. The van der Waals surface area contributed by atoms with Crippen molar-refractivity contribution in [3.63, 3.8) is 0 Å². The molecule has 0 aromatic rings. The van der Waals surface area contributed by atoms with Crippen molar-refractivity contribution in [2.75, 3.05) is 13.1 Å². The van der Waals surface area contributed by atoms with E-state index in [-0.39, 0.29) is 11.8 Å². The van der Waals surface area contributed by atoms with Crippen molar-refractivity contribution in [3.05, 3.63) is 25.3 Å². The molecular weight excluding hydrogens is 368 g/mol. The lowest BCUT2D eigenvalue weighted by atomic mass is 10.1. The molecule has 0 aliphatic rings. The van der Waals surface area contributed by atoms with Crippen LogP contribution in [0.5, 0.6) is 0 Å². The molecule has 0 saturated heterocycles. The molecule has 1 unspecified atom stereocenters. The highest BCUT2D eigenvalue weighted by molar-refractivity contribution is 5.87. The Morgan fingerprint density at radius 3 is 1.32 bits per heavy atom. The molecule has 2 atom stereocenters. The van der Waals surface area contributed by atoms with E-state index in [1.807, 2.05) is 0 Å². The Labute approximate surface area is 165 Å². The van der Waals surface area contributed by atoms with E-state index in [0.717, 1.165) is 12.8 Å². The molecule has 0 saturated carbocycles. The summed E-state index contributed by atoms with van der Waals surface area (Å²) in [6.45, 7) is 7.65. The lowest BCUT2D eigenvalue weighted by Crippen LogP contribution is -2.30. The van der Waals surface area contributed by atoms with Crippen LogP contribution in [0.15, 0.2) is 25.3 Å². The molecule has 0 aliphatic heterocycles. The van der Waals surface area contributed by atoms with Gasteiger partial charge in [-0.1, -0.05) is 13.2 Å². The molecule has 0 spiro atoms. The van der Waals surface area contributed by atoms with Gasteiger partial charge in [-0.05, 0) is 50.7 Å². The smallest absolute Gasteiger partial charge is 0.320 e. The van der Waals surface area contributed by atoms with Gasteiger partial charge in [0.25, 0.3) is 0 Å². The molecule has 0 rings (SSSR count). The zero-order valence-corrected chi connectivity index (χ0v) is 16.1. The second kappa shape index (κ2) is 17.7. The van der Waals surface area contributed by atoms with Gasteiger partial charge in [0, 0.05) is 13.1 Å². The summed E-state index contributed by atoms with van der Waals surface area (Å²) < 4.78 is 0. The molecule has 0 aliphatic carbocycles. The summed E-state index contributed by atoms with van der Waals surface area (Å²) in [5.74, 6) is -2.40. The zero-order valence-electron chi connectivity index (χ0n) is 16.1. The summed E-state index contributed by atoms with van der Waals surface area (Å²) in [6.07, 6.45) is 6.07. The number of aliphatic carboxylic acids is 2. The summed E-state index contributed by atoms with van der Waals surface area (Å²) in [5.41, 5.74) is 10.6. The molecule has 160 valence electrons. The van der Waals surface area contributed by atoms with Crippen molar-refractivity contribution in [2.45, 2.75) is 50.6 Å². The average Bonchev–Trinajstić information content (AvgIpc) is 2.66. The largest absolute Gasteiger partial charge is 0.480 e. The van der Waals surface area contributed by atoms with Crippen LogP contribution in [0.3, 0.4) is 0 Å². The van der Waals surface area contributed by atoms with Crippen LogP contribution < -0.4 is 22.1 Å². The highest BCUT2D eigenvalue weighted by Crippen LogP contribution is 1.98. The number of carboxylic acids is 2. The van der Waals surface area contributed by atoms with Gasteiger partial charge in [0.15, 0.2) is 0 Å². The first-order valence-electron chi connectivity index (χ1n) is 8.93. The molecule has 10 heteroatoms. The number of rotatable bonds is 14. The quantitative estimate of drug-likeness (QED) is 0.170. The van der Waals surface area contributed by atoms with Crippen LogP contribution in [0.25, 0.3) is 0 Å². The number of unbranched alkanes of at least 4 members (excludes halogenated alkanes) is 2. The maximum atomic E-state index is 10.7. The fraction of sp³-hybridized carbons (Fsp3) is 0.556. The van der Waals surface area contributed by atoms with Crippen LogP contribution >= 0.6 is 0 Å². The first-order chi connectivity index (χ1) is 13.1. The molecule has 0 heterocycles.